The van der Waals surface area contributed by atoms with E-state index in [0.29, 0.717) is 17.3 Å². The van der Waals surface area contributed by atoms with E-state index >= 15 is 0 Å². The quantitative estimate of drug-likeness (QED) is 0.659. The largest absolute Gasteiger partial charge is 0.376 e. The second kappa shape index (κ2) is 8.06. The highest BCUT2D eigenvalue weighted by Crippen LogP contribution is 2.21. The van der Waals surface area contributed by atoms with Gasteiger partial charge in [0.1, 0.15) is 0 Å². The molecule has 1 atom stereocenters. The Kier molecular flexibility index (Phi) is 5.35. The van der Waals surface area contributed by atoms with Crippen LogP contribution >= 0.6 is 11.8 Å². The smallest absolute Gasteiger partial charge is 0.230 e. The van der Waals surface area contributed by atoms with Gasteiger partial charge in [0.2, 0.25) is 11.1 Å². The molecule has 1 aliphatic rings. The Hall–Kier alpha value is -2.45. The number of benzene rings is 1. The molecule has 7 nitrogen and oxygen atoms in total. The van der Waals surface area contributed by atoms with Crippen LogP contribution in [0.5, 0.6) is 0 Å². The van der Waals surface area contributed by atoms with Crippen LogP contribution in [0.2, 0.25) is 0 Å². The van der Waals surface area contributed by atoms with Gasteiger partial charge in [-0.3, -0.25) is 4.79 Å². The summed E-state index contributed by atoms with van der Waals surface area (Å²) in [6.07, 6.45) is 2.22. The van der Waals surface area contributed by atoms with Gasteiger partial charge in [-0.25, -0.2) is 0 Å². The van der Waals surface area contributed by atoms with E-state index in [4.69, 9.17) is 4.74 Å². The molecular weight excluding hydrogens is 362 g/mol. The maximum atomic E-state index is 12.1. The lowest BCUT2D eigenvalue weighted by Crippen LogP contribution is -2.32. The third-order valence-corrected chi connectivity index (χ3v) is 5.38. The highest BCUT2D eigenvalue weighted by molar-refractivity contribution is 7.99. The molecule has 8 heteroatoms. The molecule has 1 aromatic carbocycles. The zero-order valence-electron chi connectivity index (χ0n) is 15.1. The monoisotopic (exact) mass is 383 g/mol. The number of nitrogens with one attached hydrogen (secondary N) is 1. The number of aryl methyl sites for hydroxylation is 1. The first kappa shape index (κ1) is 17.9. The van der Waals surface area contributed by atoms with E-state index in [2.05, 4.69) is 39.7 Å². The molecule has 1 amide bonds. The van der Waals surface area contributed by atoms with Crippen LogP contribution < -0.4 is 5.32 Å². The lowest BCUT2D eigenvalue weighted by Gasteiger charge is -2.10. The zero-order valence-corrected chi connectivity index (χ0v) is 15.9. The number of thioether (sulfide) groups is 1. The topological polar surface area (TPSA) is 81.4 Å². The molecule has 0 unspecified atom stereocenters. The maximum absolute atomic E-state index is 12.1. The minimum atomic E-state index is -0.0399. The predicted octanol–water partition coefficient (Wildman–Crippen LogP) is 2.49. The van der Waals surface area contributed by atoms with Crippen LogP contribution in [-0.2, 0) is 9.53 Å². The van der Waals surface area contributed by atoms with Crippen molar-refractivity contribution in [1.29, 1.82) is 0 Å². The summed E-state index contributed by atoms with van der Waals surface area (Å²) in [5.74, 6) is 0.228. The van der Waals surface area contributed by atoms with E-state index < -0.39 is 0 Å². The van der Waals surface area contributed by atoms with Crippen LogP contribution in [0, 0.1) is 6.92 Å². The molecule has 0 bridgehead atoms. The van der Waals surface area contributed by atoms with Crippen molar-refractivity contribution in [3.05, 3.63) is 42.0 Å². The van der Waals surface area contributed by atoms with Gasteiger partial charge in [0.15, 0.2) is 5.65 Å². The molecule has 27 heavy (non-hydrogen) atoms. The lowest BCUT2D eigenvalue weighted by atomic mass is 10.1. The first-order valence-electron chi connectivity index (χ1n) is 8.99. The van der Waals surface area contributed by atoms with Crippen LogP contribution in [0.25, 0.3) is 16.9 Å². The number of nitrogens with zero attached hydrogens (tertiary/aromatic N) is 4. The molecule has 3 aromatic rings. The van der Waals surface area contributed by atoms with Gasteiger partial charge in [0, 0.05) is 18.7 Å². The second-order valence-corrected chi connectivity index (χ2v) is 7.51. The fourth-order valence-electron chi connectivity index (χ4n) is 2.95. The van der Waals surface area contributed by atoms with Crippen molar-refractivity contribution in [2.45, 2.75) is 31.0 Å². The van der Waals surface area contributed by atoms with Gasteiger partial charge in [0.25, 0.3) is 0 Å². The summed E-state index contributed by atoms with van der Waals surface area (Å²) in [4.78, 5) is 12.1. The number of hydrogen-bond donors (Lipinski definition) is 1. The normalized spacial score (nSPS) is 16.7. The van der Waals surface area contributed by atoms with Crippen LogP contribution in [0.1, 0.15) is 18.4 Å². The van der Waals surface area contributed by atoms with Gasteiger partial charge in [-0.15, -0.1) is 10.2 Å². The van der Waals surface area contributed by atoms with Crippen molar-refractivity contribution in [2.75, 3.05) is 18.9 Å². The highest BCUT2D eigenvalue weighted by atomic mass is 32.2. The summed E-state index contributed by atoms with van der Waals surface area (Å²) < 4.78 is 7.20. The number of fused-ring (bicyclic) bond motifs is 1. The molecule has 1 saturated heterocycles. The predicted molar refractivity (Wildman–Crippen MR) is 104 cm³/mol. The Labute approximate surface area is 161 Å². The van der Waals surface area contributed by atoms with Crippen LogP contribution in [0.3, 0.4) is 0 Å². The van der Waals surface area contributed by atoms with E-state index in [1.807, 2.05) is 24.3 Å². The second-order valence-electron chi connectivity index (χ2n) is 6.56. The van der Waals surface area contributed by atoms with Gasteiger partial charge in [-0.2, -0.15) is 9.61 Å². The summed E-state index contributed by atoms with van der Waals surface area (Å²) in [6, 6.07) is 12.0. The number of carbonyl (C=O) groups is 1. The number of hydrogen-bond acceptors (Lipinski definition) is 6. The Balaban J connectivity index is 1.43. The molecular formula is C19H21N5O2S. The van der Waals surface area contributed by atoms with Gasteiger partial charge < -0.3 is 10.1 Å². The van der Waals surface area contributed by atoms with Crippen LogP contribution in [-0.4, -0.2) is 50.7 Å². The highest BCUT2D eigenvalue weighted by Gasteiger charge is 2.17. The molecule has 2 aromatic heterocycles. The van der Waals surface area contributed by atoms with Crippen molar-refractivity contribution in [1.82, 2.24) is 25.1 Å². The fourth-order valence-corrected chi connectivity index (χ4v) is 3.67. The summed E-state index contributed by atoms with van der Waals surface area (Å²) in [5.41, 5.74) is 3.73. The fraction of sp³-hybridized carbons (Fsp3) is 0.368. The molecule has 0 saturated carbocycles. The minimum Gasteiger partial charge on any atom is -0.376 e. The van der Waals surface area contributed by atoms with Crippen LogP contribution in [0.4, 0.5) is 0 Å². The van der Waals surface area contributed by atoms with Gasteiger partial charge >= 0.3 is 0 Å². The minimum absolute atomic E-state index is 0.0399. The molecule has 1 N–H and O–H groups in total. The zero-order chi connectivity index (χ0) is 18.6. The van der Waals surface area contributed by atoms with Gasteiger partial charge in [-0.1, -0.05) is 41.6 Å². The van der Waals surface area contributed by atoms with E-state index in [9.17, 15) is 4.79 Å². The summed E-state index contributed by atoms with van der Waals surface area (Å²) >= 11 is 1.33. The summed E-state index contributed by atoms with van der Waals surface area (Å²) in [7, 11) is 0. The van der Waals surface area contributed by atoms with Crippen molar-refractivity contribution in [2.24, 2.45) is 0 Å². The molecule has 140 valence electrons. The average Bonchev–Trinajstić information content (AvgIpc) is 3.34. The standard InChI is InChI=1S/C19H21N5O2S/c1-13-4-6-14(7-5-13)16-8-9-17-21-22-19(24(17)23-16)27-12-18(25)20-11-15-3-2-10-26-15/h4-9,15H,2-3,10-12H2,1H3,(H,20,25)/t15-/m1/s1. The number of ether oxygens (including phenoxy) is 1. The average molecular weight is 383 g/mol. The van der Waals surface area contributed by atoms with Crippen molar-refractivity contribution < 1.29 is 9.53 Å². The Bertz CT molecular complexity index is 935. The number of amides is 1. The van der Waals surface area contributed by atoms with Gasteiger partial charge in [0.05, 0.1) is 17.6 Å². The maximum Gasteiger partial charge on any atom is 0.230 e. The van der Waals surface area contributed by atoms with E-state index in [0.717, 1.165) is 30.7 Å². The number of carbonyl (C=O) groups excluding carboxylic acids is 1. The van der Waals surface area contributed by atoms with Gasteiger partial charge in [-0.05, 0) is 31.9 Å². The van der Waals surface area contributed by atoms with E-state index in [1.54, 1.807) is 4.52 Å². The van der Waals surface area contributed by atoms with Crippen molar-refractivity contribution in [3.8, 4) is 11.3 Å². The Morgan fingerprint density at radius 2 is 2.11 bits per heavy atom. The molecule has 0 aliphatic carbocycles. The SMILES string of the molecule is Cc1ccc(-c2ccc3nnc(SCC(=O)NC[C@H]4CCCO4)n3n2)cc1. The first-order chi connectivity index (χ1) is 13.2. The summed E-state index contributed by atoms with van der Waals surface area (Å²) in [6.45, 7) is 3.41. The first-order valence-corrected chi connectivity index (χ1v) is 9.98. The Morgan fingerprint density at radius 1 is 1.26 bits per heavy atom. The van der Waals surface area contributed by atoms with Crippen LogP contribution in [0.15, 0.2) is 41.6 Å². The Morgan fingerprint density at radius 3 is 2.89 bits per heavy atom. The summed E-state index contributed by atoms with van der Waals surface area (Å²) in [5, 5.41) is 16.5. The third-order valence-electron chi connectivity index (χ3n) is 4.46. The number of rotatable bonds is 6. The van der Waals surface area contributed by atoms with E-state index in [-0.39, 0.29) is 17.8 Å². The third kappa shape index (κ3) is 4.28. The molecule has 0 spiro atoms. The van der Waals surface area contributed by atoms with Crippen molar-refractivity contribution in [3.63, 3.8) is 0 Å². The molecule has 1 fully saturated rings. The molecule has 3 heterocycles. The number of aromatic nitrogens is 4. The molecule has 4 rings (SSSR count). The van der Waals surface area contributed by atoms with E-state index in [1.165, 1.54) is 17.3 Å². The molecule has 1 aliphatic heterocycles. The lowest BCUT2D eigenvalue weighted by molar-refractivity contribution is -0.119. The molecule has 0 radical (unpaired) electrons. The van der Waals surface area contributed by atoms with Crippen molar-refractivity contribution >= 4 is 23.3 Å².